The normalized spacial score (nSPS) is 15.6. The Morgan fingerprint density at radius 3 is 2.03 bits per heavy atom. The van der Waals surface area contributed by atoms with Crippen LogP contribution in [0.25, 0.3) is 0 Å². The number of carbonyl (C=O) groups excluding carboxylic acids is 1. The molecule has 5 heteroatoms. The van der Waals surface area contributed by atoms with Crippen molar-refractivity contribution in [2.75, 3.05) is 39.0 Å². The molecule has 1 heterocycles. The Balaban J connectivity index is 0.00000363. The van der Waals surface area contributed by atoms with Crippen LogP contribution in [0.2, 0.25) is 0 Å². The van der Waals surface area contributed by atoms with E-state index in [2.05, 4.69) is 38.2 Å². The number of piperidine rings is 1. The summed E-state index contributed by atoms with van der Waals surface area (Å²) in [4.78, 5) is 13.8. The van der Waals surface area contributed by atoms with Gasteiger partial charge >= 0.3 is 5.97 Å². The van der Waals surface area contributed by atoms with Crippen molar-refractivity contribution in [2.24, 2.45) is 0 Å². The van der Waals surface area contributed by atoms with Gasteiger partial charge < -0.3 is 33.2 Å². The maximum absolute atomic E-state index is 13.8. The first-order valence-corrected chi connectivity index (χ1v) is 12.8. The van der Waals surface area contributed by atoms with Gasteiger partial charge in [0.15, 0.2) is 4.75 Å². The van der Waals surface area contributed by atoms with Crippen LogP contribution in [0.1, 0.15) is 56.6 Å². The van der Waals surface area contributed by atoms with E-state index in [9.17, 15) is 4.79 Å². The van der Waals surface area contributed by atoms with E-state index in [4.69, 9.17) is 4.74 Å². The van der Waals surface area contributed by atoms with Gasteiger partial charge in [-0.3, -0.25) is 0 Å². The van der Waals surface area contributed by atoms with Crippen LogP contribution in [-0.4, -0.2) is 49.5 Å². The van der Waals surface area contributed by atoms with E-state index in [1.807, 2.05) is 36.4 Å². The SMILES string of the molecule is CCCCCSC(C(=O)OCC[N+]1(C)CCCCC1)(c1ccccc1)c1ccccc1.[I-]. The lowest BCUT2D eigenvalue weighted by atomic mass is 9.90. The second-order valence-electron chi connectivity index (χ2n) is 8.96. The van der Waals surface area contributed by atoms with Crippen LogP contribution in [0.15, 0.2) is 60.7 Å². The van der Waals surface area contributed by atoms with Gasteiger partial charge in [0.05, 0.1) is 20.1 Å². The second-order valence-corrected chi connectivity index (χ2v) is 10.3. The van der Waals surface area contributed by atoms with E-state index in [0.29, 0.717) is 6.61 Å². The molecule has 0 bridgehead atoms. The topological polar surface area (TPSA) is 26.3 Å². The third-order valence-corrected chi connectivity index (χ3v) is 8.04. The number of nitrogens with zero attached hydrogens (tertiary/aromatic N) is 1. The zero-order chi connectivity index (χ0) is 22.0. The van der Waals surface area contributed by atoms with Gasteiger partial charge in [0.2, 0.25) is 0 Å². The summed E-state index contributed by atoms with van der Waals surface area (Å²) in [7, 11) is 2.30. The molecule has 176 valence electrons. The minimum Gasteiger partial charge on any atom is -1.00 e. The summed E-state index contributed by atoms with van der Waals surface area (Å²) in [5.41, 5.74) is 2.01. The number of rotatable bonds is 11. The fourth-order valence-corrected chi connectivity index (χ4v) is 5.95. The van der Waals surface area contributed by atoms with Crippen molar-refractivity contribution in [3.05, 3.63) is 71.8 Å². The molecule has 0 spiro atoms. The van der Waals surface area contributed by atoms with Crippen LogP contribution in [0, 0.1) is 0 Å². The molecule has 0 amide bonds. The molecule has 0 saturated carbocycles. The van der Waals surface area contributed by atoms with Gasteiger partial charge in [-0.05, 0) is 42.6 Å². The Hall–Kier alpha value is -1.05. The maximum atomic E-state index is 13.8. The Morgan fingerprint density at radius 1 is 0.938 bits per heavy atom. The third kappa shape index (κ3) is 6.97. The van der Waals surface area contributed by atoms with Gasteiger partial charge in [-0.25, -0.2) is 4.79 Å². The lowest BCUT2D eigenvalue weighted by Crippen LogP contribution is -3.00. The van der Waals surface area contributed by atoms with E-state index < -0.39 is 4.75 Å². The Labute approximate surface area is 215 Å². The molecule has 2 aromatic rings. The monoisotopic (exact) mass is 567 g/mol. The number of likely N-dealkylation sites (N-methyl/N-ethyl adjacent to an activating group) is 1. The smallest absolute Gasteiger partial charge is 0.331 e. The number of benzene rings is 2. The highest BCUT2D eigenvalue weighted by Crippen LogP contribution is 2.44. The first-order chi connectivity index (χ1) is 15.1. The molecule has 3 rings (SSSR count). The van der Waals surface area contributed by atoms with E-state index in [1.54, 1.807) is 11.8 Å². The zero-order valence-electron chi connectivity index (χ0n) is 19.6. The number of hydrogen-bond acceptors (Lipinski definition) is 3. The molecule has 1 fully saturated rings. The summed E-state index contributed by atoms with van der Waals surface area (Å²) in [5.74, 6) is 0.801. The number of likely N-dealkylation sites (tertiary alicyclic amines) is 1. The number of halogens is 1. The predicted molar refractivity (Wildman–Crippen MR) is 131 cm³/mol. The number of unbranched alkanes of at least 4 members (excludes halogenated alkanes) is 2. The molecule has 0 radical (unpaired) electrons. The lowest BCUT2D eigenvalue weighted by Gasteiger charge is -2.38. The predicted octanol–water partition coefficient (Wildman–Crippen LogP) is 3.03. The van der Waals surface area contributed by atoms with Crippen LogP contribution in [0.4, 0.5) is 0 Å². The summed E-state index contributed by atoms with van der Waals surface area (Å²) in [6.07, 6.45) is 7.33. The van der Waals surface area contributed by atoms with Gasteiger partial charge in [0.1, 0.15) is 13.2 Å². The van der Waals surface area contributed by atoms with Crippen molar-refractivity contribution in [1.29, 1.82) is 0 Å². The molecule has 1 aliphatic heterocycles. The second kappa shape index (κ2) is 13.6. The van der Waals surface area contributed by atoms with Gasteiger partial charge in [-0.1, -0.05) is 80.4 Å². The number of ether oxygens (including phenoxy) is 1. The molecular weight excluding hydrogens is 529 g/mol. The molecule has 0 atom stereocenters. The quantitative estimate of drug-likeness (QED) is 0.181. The molecule has 32 heavy (non-hydrogen) atoms. The van der Waals surface area contributed by atoms with Crippen molar-refractivity contribution in [2.45, 2.75) is 50.2 Å². The zero-order valence-corrected chi connectivity index (χ0v) is 22.6. The van der Waals surface area contributed by atoms with Gasteiger partial charge in [-0.15, -0.1) is 11.8 Å². The van der Waals surface area contributed by atoms with E-state index in [0.717, 1.165) is 34.3 Å². The summed E-state index contributed by atoms with van der Waals surface area (Å²) in [6, 6.07) is 20.4. The van der Waals surface area contributed by atoms with Crippen molar-refractivity contribution in [3.8, 4) is 0 Å². The molecule has 3 nitrogen and oxygen atoms in total. The Morgan fingerprint density at radius 2 is 1.50 bits per heavy atom. The summed E-state index contributed by atoms with van der Waals surface area (Å²) in [6.45, 7) is 5.96. The van der Waals surface area contributed by atoms with Gasteiger partial charge in [-0.2, -0.15) is 0 Å². The van der Waals surface area contributed by atoms with Gasteiger partial charge in [0, 0.05) is 0 Å². The fourth-order valence-electron chi connectivity index (χ4n) is 4.51. The Bertz CT molecular complexity index is 754. The summed E-state index contributed by atoms with van der Waals surface area (Å²) >= 11 is 1.73. The fraction of sp³-hybridized carbons (Fsp3) is 0.519. The van der Waals surface area contributed by atoms with Crippen LogP contribution in [0.5, 0.6) is 0 Å². The highest BCUT2D eigenvalue weighted by molar-refractivity contribution is 8.01. The number of thioether (sulfide) groups is 1. The first kappa shape index (κ1) is 27.2. The molecule has 1 aliphatic rings. The van der Waals surface area contributed by atoms with Crippen LogP contribution in [0.3, 0.4) is 0 Å². The third-order valence-electron chi connectivity index (χ3n) is 6.47. The number of quaternary nitrogens is 1. The van der Waals surface area contributed by atoms with Gasteiger partial charge in [0.25, 0.3) is 0 Å². The maximum Gasteiger partial charge on any atom is 0.331 e. The molecule has 2 aromatic carbocycles. The standard InChI is InChI=1S/C27H38NO2S.HI/c1-3-4-14-23-31-27(24-15-8-5-9-16-24,25-17-10-6-11-18-25)26(29)30-22-21-28(2)19-12-7-13-20-28;/h5-6,8-11,15-18H,3-4,7,12-14,19-23H2,1-2H3;1H/q+1;/p-1. The minimum absolute atomic E-state index is 0. The largest absolute Gasteiger partial charge is 1.00 e. The summed E-state index contributed by atoms with van der Waals surface area (Å²) < 4.78 is 6.26. The highest BCUT2D eigenvalue weighted by atomic mass is 127. The summed E-state index contributed by atoms with van der Waals surface area (Å²) in [5, 5.41) is 0. The Kier molecular flexibility index (Phi) is 11.6. The lowest BCUT2D eigenvalue weighted by molar-refractivity contribution is -0.914. The van der Waals surface area contributed by atoms with Crippen molar-refractivity contribution >= 4 is 17.7 Å². The number of hydrogen-bond donors (Lipinski definition) is 0. The van der Waals surface area contributed by atoms with E-state index in [-0.39, 0.29) is 29.9 Å². The minimum atomic E-state index is -0.823. The van der Waals surface area contributed by atoms with E-state index in [1.165, 1.54) is 45.2 Å². The van der Waals surface area contributed by atoms with Crippen molar-refractivity contribution in [1.82, 2.24) is 0 Å². The van der Waals surface area contributed by atoms with Crippen LogP contribution >= 0.6 is 11.8 Å². The molecule has 1 saturated heterocycles. The highest BCUT2D eigenvalue weighted by Gasteiger charge is 2.44. The molecule has 0 aliphatic carbocycles. The molecule has 0 aromatic heterocycles. The van der Waals surface area contributed by atoms with Crippen LogP contribution in [-0.2, 0) is 14.3 Å². The molecular formula is C27H38INO2S. The molecule has 0 unspecified atom stereocenters. The van der Waals surface area contributed by atoms with Crippen LogP contribution < -0.4 is 24.0 Å². The van der Waals surface area contributed by atoms with E-state index >= 15 is 0 Å². The van der Waals surface area contributed by atoms with Crippen molar-refractivity contribution < 1.29 is 38.0 Å². The molecule has 0 N–H and O–H groups in total. The number of esters is 1. The first-order valence-electron chi connectivity index (χ1n) is 11.9. The average molecular weight is 568 g/mol. The number of carbonyl (C=O) groups is 1. The average Bonchev–Trinajstić information content (AvgIpc) is 2.81. The van der Waals surface area contributed by atoms with Crippen molar-refractivity contribution in [3.63, 3.8) is 0 Å².